The lowest BCUT2D eigenvalue weighted by atomic mass is 10.0. The Morgan fingerprint density at radius 3 is 1.24 bits per heavy atom. The molecule has 0 aromatic carbocycles. The van der Waals surface area contributed by atoms with Gasteiger partial charge in [0.25, 0.3) is 0 Å². The van der Waals surface area contributed by atoms with Crippen molar-refractivity contribution < 1.29 is 24.2 Å². The van der Waals surface area contributed by atoms with Gasteiger partial charge >= 0.3 is 11.9 Å². The number of esters is 1. The molecule has 0 saturated carbocycles. The highest BCUT2D eigenvalue weighted by atomic mass is 16.5. The number of unbranched alkanes of at least 4 members (excludes halogenated alkanes) is 31. The van der Waals surface area contributed by atoms with Crippen molar-refractivity contribution in [2.24, 2.45) is 5.73 Å². The van der Waals surface area contributed by atoms with Crippen LogP contribution in [0.5, 0.6) is 0 Å². The van der Waals surface area contributed by atoms with Gasteiger partial charge in [-0.25, -0.2) is 4.79 Å². The minimum absolute atomic E-state index is 0.0154. The topological polar surface area (TPSA) is 119 Å². The quantitative estimate of drug-likeness (QED) is 0.0320. The average molecular weight is 819 g/mol. The van der Waals surface area contributed by atoms with Crippen LogP contribution >= 0.6 is 0 Å². The van der Waals surface area contributed by atoms with E-state index in [1.165, 1.54) is 173 Å². The highest BCUT2D eigenvalue weighted by Crippen LogP contribution is 2.20. The van der Waals surface area contributed by atoms with Crippen LogP contribution in [-0.4, -0.2) is 41.6 Å². The standard InChI is InChI=1S/C51H98N2O5/c1-3-5-7-9-11-13-15-17-19-20-21-22-24-26-28-30-35-39-45-50(55)58-47(41-36-32-29-27-25-23-18-16-14-12-10-8-6-4-2)42-37-33-31-34-38-44-49(54)53-48(51(56)57)43-40-46-52/h19-20,47-48H,3-18,21-46,52H2,1-2H3,(H,53,54)(H,56,57)/b20-19-. The number of aliphatic carboxylic acids is 1. The van der Waals surface area contributed by atoms with Gasteiger partial charge in [-0.1, -0.05) is 199 Å². The van der Waals surface area contributed by atoms with Crippen LogP contribution in [0.4, 0.5) is 0 Å². The molecule has 0 aromatic heterocycles. The Morgan fingerprint density at radius 1 is 0.483 bits per heavy atom. The zero-order chi connectivity index (χ0) is 42.4. The van der Waals surface area contributed by atoms with Crippen molar-refractivity contribution in [3.8, 4) is 0 Å². The van der Waals surface area contributed by atoms with E-state index in [-0.39, 0.29) is 18.0 Å². The summed E-state index contributed by atoms with van der Waals surface area (Å²) in [6.45, 7) is 4.97. The molecule has 2 atom stereocenters. The Morgan fingerprint density at radius 2 is 0.845 bits per heavy atom. The number of carboxylic acids is 1. The SMILES string of the molecule is CCCCCCCCC/C=C\CCCCCCCCCC(=O)OC(CCCCCCCCCCCCCCCC)CCCCCCCC(=O)NC(CCCN)C(=O)O. The lowest BCUT2D eigenvalue weighted by Gasteiger charge is -2.18. The highest BCUT2D eigenvalue weighted by molar-refractivity contribution is 5.83. The molecule has 2 unspecified atom stereocenters. The van der Waals surface area contributed by atoms with Crippen LogP contribution in [0, 0.1) is 0 Å². The number of carbonyl (C=O) groups excluding carboxylic acids is 2. The molecule has 7 nitrogen and oxygen atoms in total. The maximum absolute atomic E-state index is 12.9. The van der Waals surface area contributed by atoms with Crippen molar-refractivity contribution in [1.29, 1.82) is 0 Å². The predicted octanol–water partition coefficient (Wildman–Crippen LogP) is 15.0. The summed E-state index contributed by atoms with van der Waals surface area (Å²) >= 11 is 0. The van der Waals surface area contributed by atoms with Crippen LogP contribution < -0.4 is 11.1 Å². The van der Waals surface area contributed by atoms with Gasteiger partial charge in [-0.3, -0.25) is 9.59 Å². The van der Waals surface area contributed by atoms with Crippen molar-refractivity contribution >= 4 is 17.8 Å². The van der Waals surface area contributed by atoms with Crippen molar-refractivity contribution in [2.75, 3.05) is 6.54 Å². The van der Waals surface area contributed by atoms with E-state index in [0.29, 0.717) is 32.2 Å². The third-order valence-corrected chi connectivity index (χ3v) is 11.8. The van der Waals surface area contributed by atoms with E-state index in [2.05, 4.69) is 31.3 Å². The normalized spacial score (nSPS) is 12.6. The summed E-state index contributed by atoms with van der Waals surface area (Å²) < 4.78 is 6.09. The first kappa shape index (κ1) is 56.1. The van der Waals surface area contributed by atoms with E-state index in [9.17, 15) is 19.5 Å². The van der Waals surface area contributed by atoms with E-state index >= 15 is 0 Å². The van der Waals surface area contributed by atoms with Crippen LogP contribution in [0.2, 0.25) is 0 Å². The molecule has 0 saturated heterocycles. The summed E-state index contributed by atoms with van der Waals surface area (Å²) in [6.07, 6.45) is 52.7. The summed E-state index contributed by atoms with van der Waals surface area (Å²) in [5.41, 5.74) is 5.50. The molecule has 342 valence electrons. The summed E-state index contributed by atoms with van der Waals surface area (Å²) in [5, 5.41) is 12.0. The summed E-state index contributed by atoms with van der Waals surface area (Å²) in [6, 6.07) is -0.854. The van der Waals surface area contributed by atoms with E-state index in [1.807, 2.05) is 0 Å². The highest BCUT2D eigenvalue weighted by Gasteiger charge is 2.19. The summed E-state index contributed by atoms with van der Waals surface area (Å²) in [4.78, 5) is 36.5. The Hall–Kier alpha value is -1.89. The lowest BCUT2D eigenvalue weighted by Crippen LogP contribution is -2.40. The number of carbonyl (C=O) groups is 3. The molecule has 1 amide bonds. The largest absolute Gasteiger partial charge is 0.480 e. The van der Waals surface area contributed by atoms with Crippen molar-refractivity contribution in [3.05, 3.63) is 12.2 Å². The minimum Gasteiger partial charge on any atom is -0.480 e. The van der Waals surface area contributed by atoms with Gasteiger partial charge in [0.15, 0.2) is 0 Å². The van der Waals surface area contributed by atoms with E-state index in [4.69, 9.17) is 10.5 Å². The van der Waals surface area contributed by atoms with E-state index in [0.717, 1.165) is 64.2 Å². The van der Waals surface area contributed by atoms with Crippen LogP contribution in [0.1, 0.15) is 277 Å². The number of allylic oxidation sites excluding steroid dienone is 2. The second kappa shape index (κ2) is 46.2. The first-order valence-corrected chi connectivity index (χ1v) is 25.5. The first-order chi connectivity index (χ1) is 28.4. The van der Waals surface area contributed by atoms with Crippen molar-refractivity contribution in [1.82, 2.24) is 5.32 Å². The number of carboxylic acid groups (broad SMARTS) is 1. The number of ether oxygens (including phenoxy) is 1. The number of nitrogens with one attached hydrogen (secondary N) is 1. The van der Waals surface area contributed by atoms with Gasteiger partial charge in [0, 0.05) is 12.8 Å². The molecule has 0 bridgehead atoms. The second-order valence-electron chi connectivity index (χ2n) is 17.6. The molecular formula is C51H98N2O5. The third-order valence-electron chi connectivity index (χ3n) is 11.8. The Labute approximate surface area is 360 Å². The van der Waals surface area contributed by atoms with Gasteiger partial charge in [-0.05, 0) is 83.6 Å². The number of nitrogens with two attached hydrogens (primary N) is 1. The second-order valence-corrected chi connectivity index (χ2v) is 17.6. The summed E-state index contributed by atoms with van der Waals surface area (Å²) in [5.74, 6) is -1.22. The third kappa shape index (κ3) is 42.2. The molecule has 0 aliphatic rings. The van der Waals surface area contributed by atoms with E-state index < -0.39 is 12.0 Å². The van der Waals surface area contributed by atoms with Gasteiger partial charge in [0.2, 0.25) is 5.91 Å². The van der Waals surface area contributed by atoms with Crippen LogP contribution in [0.25, 0.3) is 0 Å². The van der Waals surface area contributed by atoms with Gasteiger partial charge in [0.1, 0.15) is 12.1 Å². The lowest BCUT2D eigenvalue weighted by molar-refractivity contribution is -0.150. The number of rotatable bonds is 47. The zero-order valence-corrected chi connectivity index (χ0v) is 38.7. The van der Waals surface area contributed by atoms with Gasteiger partial charge in [-0.15, -0.1) is 0 Å². The molecule has 0 fully saturated rings. The van der Waals surface area contributed by atoms with Crippen molar-refractivity contribution in [2.45, 2.75) is 289 Å². The van der Waals surface area contributed by atoms with Crippen LogP contribution in [0.3, 0.4) is 0 Å². The maximum Gasteiger partial charge on any atom is 0.326 e. The molecule has 0 heterocycles. The Kier molecular flexibility index (Phi) is 44.7. The average Bonchev–Trinajstić information content (AvgIpc) is 3.21. The molecule has 4 N–H and O–H groups in total. The fraction of sp³-hybridized carbons (Fsp3) is 0.902. The van der Waals surface area contributed by atoms with Gasteiger partial charge in [0.05, 0.1) is 0 Å². The molecule has 7 heteroatoms. The molecular weight excluding hydrogens is 721 g/mol. The number of amides is 1. The van der Waals surface area contributed by atoms with Gasteiger partial charge in [-0.2, -0.15) is 0 Å². The summed E-state index contributed by atoms with van der Waals surface area (Å²) in [7, 11) is 0. The van der Waals surface area contributed by atoms with E-state index in [1.54, 1.807) is 0 Å². The molecule has 0 aromatic rings. The fourth-order valence-corrected chi connectivity index (χ4v) is 7.98. The molecule has 0 spiro atoms. The molecule has 0 rings (SSSR count). The molecule has 0 aliphatic heterocycles. The minimum atomic E-state index is -1.00. The smallest absolute Gasteiger partial charge is 0.326 e. The number of hydrogen-bond acceptors (Lipinski definition) is 5. The zero-order valence-electron chi connectivity index (χ0n) is 38.7. The first-order valence-electron chi connectivity index (χ1n) is 25.5. The molecule has 0 radical (unpaired) electrons. The van der Waals surface area contributed by atoms with Crippen molar-refractivity contribution in [3.63, 3.8) is 0 Å². The molecule has 58 heavy (non-hydrogen) atoms. The Bertz CT molecular complexity index is 925. The van der Waals surface area contributed by atoms with Crippen LogP contribution in [0.15, 0.2) is 12.2 Å². The predicted molar refractivity (Wildman–Crippen MR) is 248 cm³/mol. The molecule has 0 aliphatic carbocycles. The van der Waals surface area contributed by atoms with Gasteiger partial charge < -0.3 is 20.9 Å². The maximum atomic E-state index is 12.9. The monoisotopic (exact) mass is 819 g/mol. The Balaban J connectivity index is 4.26. The fourth-order valence-electron chi connectivity index (χ4n) is 7.98. The van der Waals surface area contributed by atoms with Crippen LogP contribution in [-0.2, 0) is 19.1 Å². The number of hydrogen-bond donors (Lipinski definition) is 3.